The zero-order chi connectivity index (χ0) is 9.38. The fourth-order valence-corrected chi connectivity index (χ4v) is 1.66. The molecule has 0 radical (unpaired) electrons. The van der Waals surface area contributed by atoms with Crippen LogP contribution in [0, 0.1) is 5.92 Å². The van der Waals surface area contributed by atoms with Crippen LogP contribution >= 0.6 is 0 Å². The first-order valence-corrected chi connectivity index (χ1v) is 5.07. The summed E-state index contributed by atoms with van der Waals surface area (Å²) in [5.74, 6) is 1.97. The summed E-state index contributed by atoms with van der Waals surface area (Å²) >= 11 is 0. The van der Waals surface area contributed by atoms with Crippen LogP contribution in [-0.4, -0.2) is 19.9 Å². The van der Waals surface area contributed by atoms with Crippen LogP contribution in [0.2, 0.25) is 0 Å². The Morgan fingerprint density at radius 2 is 2.14 bits per heavy atom. The Hall–Kier alpha value is -1.45. The number of rotatable bonds is 3. The van der Waals surface area contributed by atoms with E-state index in [2.05, 4.69) is 19.9 Å². The fourth-order valence-electron chi connectivity index (χ4n) is 1.66. The van der Waals surface area contributed by atoms with Crippen LogP contribution in [0.5, 0.6) is 0 Å². The molecule has 0 bridgehead atoms. The van der Waals surface area contributed by atoms with Gasteiger partial charge in [0.25, 0.3) is 0 Å². The van der Waals surface area contributed by atoms with Gasteiger partial charge in [0.1, 0.15) is 5.82 Å². The zero-order valence-corrected chi connectivity index (χ0v) is 7.90. The maximum atomic E-state index is 4.38. The van der Waals surface area contributed by atoms with Crippen LogP contribution in [0.1, 0.15) is 25.1 Å². The molecule has 0 amide bonds. The Morgan fingerprint density at radius 1 is 1.29 bits per heavy atom. The molecule has 1 fully saturated rings. The number of imidazole rings is 1. The number of hydrogen-bond donors (Lipinski definition) is 1. The maximum absolute atomic E-state index is 4.38. The van der Waals surface area contributed by atoms with E-state index < -0.39 is 0 Å². The Labute approximate surface area is 81.8 Å². The number of aromatic amines is 1. The van der Waals surface area contributed by atoms with Gasteiger partial charge < -0.3 is 4.98 Å². The number of aryl methyl sites for hydroxylation is 1. The third kappa shape index (κ3) is 1.47. The number of nitrogens with zero attached hydrogens (tertiary/aromatic N) is 3. The van der Waals surface area contributed by atoms with Crippen LogP contribution < -0.4 is 0 Å². The average Bonchev–Trinajstić information content (AvgIpc) is 2.94. The van der Waals surface area contributed by atoms with Crippen molar-refractivity contribution in [2.24, 2.45) is 5.92 Å². The van der Waals surface area contributed by atoms with Gasteiger partial charge in [0.15, 0.2) is 11.3 Å². The minimum Gasteiger partial charge on any atom is -0.325 e. The summed E-state index contributed by atoms with van der Waals surface area (Å²) in [6, 6.07) is 0. The quantitative estimate of drug-likeness (QED) is 0.797. The lowest BCUT2D eigenvalue weighted by molar-refractivity contribution is 0.705. The lowest BCUT2D eigenvalue weighted by Crippen LogP contribution is -1.88. The summed E-state index contributed by atoms with van der Waals surface area (Å²) in [6.45, 7) is 0. The van der Waals surface area contributed by atoms with Gasteiger partial charge in [0.2, 0.25) is 0 Å². The van der Waals surface area contributed by atoms with Crippen molar-refractivity contribution in [1.29, 1.82) is 0 Å². The summed E-state index contributed by atoms with van der Waals surface area (Å²) < 4.78 is 0. The van der Waals surface area contributed by atoms with E-state index in [1.807, 2.05) is 0 Å². The molecule has 1 aliphatic carbocycles. The van der Waals surface area contributed by atoms with Crippen molar-refractivity contribution in [3.63, 3.8) is 0 Å². The fraction of sp³-hybridized carbons (Fsp3) is 0.500. The van der Waals surface area contributed by atoms with Crippen LogP contribution in [0.15, 0.2) is 12.4 Å². The summed E-state index contributed by atoms with van der Waals surface area (Å²) in [7, 11) is 0. The first-order valence-electron chi connectivity index (χ1n) is 5.07. The van der Waals surface area contributed by atoms with E-state index >= 15 is 0 Å². The van der Waals surface area contributed by atoms with Gasteiger partial charge in [-0.25, -0.2) is 15.0 Å². The van der Waals surface area contributed by atoms with E-state index in [0.29, 0.717) is 0 Å². The Bertz CT molecular complexity index is 411. The van der Waals surface area contributed by atoms with Crippen LogP contribution in [-0.2, 0) is 6.42 Å². The molecule has 0 saturated heterocycles. The molecule has 2 aromatic rings. The van der Waals surface area contributed by atoms with Crippen molar-refractivity contribution < 1.29 is 0 Å². The summed E-state index contributed by atoms with van der Waals surface area (Å²) in [6.07, 6.45) is 8.44. The van der Waals surface area contributed by atoms with Gasteiger partial charge in [-0.1, -0.05) is 12.8 Å². The van der Waals surface area contributed by atoms with E-state index in [1.165, 1.54) is 19.3 Å². The molecule has 1 N–H and O–H groups in total. The van der Waals surface area contributed by atoms with Crippen LogP contribution in [0.4, 0.5) is 0 Å². The monoisotopic (exact) mass is 188 g/mol. The predicted molar refractivity (Wildman–Crippen MR) is 52.7 cm³/mol. The van der Waals surface area contributed by atoms with Crippen LogP contribution in [0.3, 0.4) is 0 Å². The van der Waals surface area contributed by atoms with Crippen molar-refractivity contribution in [2.75, 3.05) is 0 Å². The number of aromatic nitrogens is 4. The smallest absolute Gasteiger partial charge is 0.197 e. The SMILES string of the molecule is c1cnc2[nH]c(CCC3CC3)nc2n1. The van der Waals surface area contributed by atoms with Crippen molar-refractivity contribution in [3.05, 3.63) is 18.2 Å². The molecule has 1 saturated carbocycles. The van der Waals surface area contributed by atoms with Crippen molar-refractivity contribution >= 4 is 11.3 Å². The van der Waals surface area contributed by atoms with Gasteiger partial charge in [-0.15, -0.1) is 0 Å². The van der Waals surface area contributed by atoms with Crippen molar-refractivity contribution in [2.45, 2.75) is 25.7 Å². The van der Waals surface area contributed by atoms with Gasteiger partial charge >= 0.3 is 0 Å². The third-order valence-corrected chi connectivity index (χ3v) is 2.67. The molecule has 14 heavy (non-hydrogen) atoms. The van der Waals surface area contributed by atoms with E-state index in [0.717, 1.165) is 29.5 Å². The minimum atomic E-state index is 0.735. The second-order valence-electron chi connectivity index (χ2n) is 3.89. The number of nitrogens with one attached hydrogen (secondary N) is 1. The summed E-state index contributed by atoms with van der Waals surface area (Å²) in [4.78, 5) is 15.9. The normalized spacial score (nSPS) is 16.3. The molecule has 4 heteroatoms. The van der Waals surface area contributed by atoms with E-state index in [-0.39, 0.29) is 0 Å². The maximum Gasteiger partial charge on any atom is 0.197 e. The van der Waals surface area contributed by atoms with E-state index in [4.69, 9.17) is 0 Å². The molecule has 4 nitrogen and oxygen atoms in total. The molecule has 0 spiro atoms. The molecule has 0 aromatic carbocycles. The second kappa shape index (κ2) is 3.04. The molecule has 3 rings (SSSR count). The zero-order valence-electron chi connectivity index (χ0n) is 7.90. The van der Waals surface area contributed by atoms with Crippen molar-refractivity contribution in [3.8, 4) is 0 Å². The molecule has 72 valence electrons. The minimum absolute atomic E-state index is 0.735. The third-order valence-electron chi connectivity index (χ3n) is 2.67. The molecular weight excluding hydrogens is 176 g/mol. The van der Waals surface area contributed by atoms with Gasteiger partial charge in [-0.3, -0.25) is 0 Å². The lowest BCUT2D eigenvalue weighted by Gasteiger charge is -1.92. The topological polar surface area (TPSA) is 54.5 Å². The largest absolute Gasteiger partial charge is 0.325 e. The van der Waals surface area contributed by atoms with Crippen molar-refractivity contribution in [1.82, 2.24) is 19.9 Å². The van der Waals surface area contributed by atoms with Gasteiger partial charge in [0, 0.05) is 18.8 Å². The van der Waals surface area contributed by atoms with E-state index in [1.54, 1.807) is 12.4 Å². The Balaban J connectivity index is 1.82. The highest BCUT2D eigenvalue weighted by molar-refractivity contribution is 5.64. The first kappa shape index (κ1) is 7.91. The number of H-pyrrole nitrogens is 1. The highest BCUT2D eigenvalue weighted by atomic mass is 15.0. The highest BCUT2D eigenvalue weighted by Gasteiger charge is 2.21. The van der Waals surface area contributed by atoms with Gasteiger partial charge in [0.05, 0.1) is 0 Å². The Kier molecular flexibility index (Phi) is 1.72. The summed E-state index contributed by atoms with van der Waals surface area (Å²) in [5.41, 5.74) is 1.54. The molecule has 0 aliphatic heterocycles. The first-order chi connectivity index (χ1) is 6.92. The van der Waals surface area contributed by atoms with Gasteiger partial charge in [-0.2, -0.15) is 0 Å². The lowest BCUT2D eigenvalue weighted by atomic mass is 10.2. The molecular formula is C10H12N4. The summed E-state index contributed by atoms with van der Waals surface area (Å²) in [5, 5.41) is 0. The van der Waals surface area contributed by atoms with Crippen LogP contribution in [0.25, 0.3) is 11.3 Å². The standard InChI is InChI=1S/C10H12N4/c1-2-7(1)3-4-8-13-9-10(14-8)12-6-5-11-9/h5-7H,1-4H2,(H,11,12,13,14). The molecule has 0 unspecified atom stereocenters. The number of hydrogen-bond acceptors (Lipinski definition) is 3. The van der Waals surface area contributed by atoms with E-state index in [9.17, 15) is 0 Å². The second-order valence-corrected chi connectivity index (χ2v) is 3.89. The average molecular weight is 188 g/mol. The molecule has 2 aromatic heterocycles. The van der Waals surface area contributed by atoms with Gasteiger partial charge in [-0.05, 0) is 12.3 Å². The highest BCUT2D eigenvalue weighted by Crippen LogP contribution is 2.33. The predicted octanol–water partition coefficient (Wildman–Crippen LogP) is 1.70. The molecule has 2 heterocycles. The number of fused-ring (bicyclic) bond motifs is 1. The molecule has 1 aliphatic rings. The molecule has 0 atom stereocenters. The Morgan fingerprint density at radius 3 is 2.93 bits per heavy atom.